The molecule has 12 heteroatoms. The molecule has 0 spiro atoms. The number of carboxylic acids is 1. The van der Waals surface area contributed by atoms with Crippen molar-refractivity contribution in [3.05, 3.63) is 41.5 Å². The lowest BCUT2D eigenvalue weighted by Crippen LogP contribution is -2.50. The van der Waals surface area contributed by atoms with E-state index in [0.29, 0.717) is 37.8 Å². The van der Waals surface area contributed by atoms with E-state index in [1.165, 1.54) is 5.56 Å². The molecule has 2 aliphatic heterocycles. The van der Waals surface area contributed by atoms with E-state index in [1.54, 1.807) is 0 Å². The monoisotopic (exact) mass is 497 g/mol. The summed E-state index contributed by atoms with van der Waals surface area (Å²) in [6, 6.07) is 8.06. The molecule has 1 atom stereocenters. The highest BCUT2D eigenvalue weighted by Gasteiger charge is 2.41. The number of hydrogen-bond donors (Lipinski definition) is 2. The normalized spacial score (nSPS) is 19.2. The van der Waals surface area contributed by atoms with E-state index in [2.05, 4.69) is 32.7 Å². The van der Waals surface area contributed by atoms with Gasteiger partial charge in [-0.2, -0.15) is 13.2 Å². The number of aryl methyl sites for hydroxylation is 1. The number of ether oxygens (including phenoxy) is 2. The fourth-order valence-electron chi connectivity index (χ4n) is 4.58. The predicted octanol–water partition coefficient (Wildman–Crippen LogP) is 3.25. The predicted molar refractivity (Wildman–Crippen MR) is 120 cm³/mol. The van der Waals surface area contributed by atoms with E-state index in [-0.39, 0.29) is 12.8 Å². The number of carboxylic acid groups (broad SMARTS) is 1. The number of hydrogen-bond acceptors (Lipinski definition) is 7. The van der Waals surface area contributed by atoms with E-state index < -0.39 is 18.0 Å². The third kappa shape index (κ3) is 6.63. The van der Waals surface area contributed by atoms with Crippen LogP contribution in [0.3, 0.4) is 0 Å². The van der Waals surface area contributed by atoms with Crippen LogP contribution < -0.4 is 10.2 Å². The van der Waals surface area contributed by atoms with Gasteiger partial charge in [-0.1, -0.05) is 12.1 Å². The number of halogens is 3. The first kappa shape index (κ1) is 25.2. The number of unbranched alkanes of at least 4 members (excludes halogenated alkanes) is 1. The molecular formula is C23H30F3N5O4. The molecule has 0 saturated carbocycles. The first-order chi connectivity index (χ1) is 16.8. The lowest BCUT2D eigenvalue weighted by atomic mass is 9.89. The number of likely N-dealkylation sites (tertiary alicyclic amines) is 1. The van der Waals surface area contributed by atoms with Crippen molar-refractivity contribution in [1.82, 2.24) is 19.8 Å². The highest BCUT2D eigenvalue weighted by molar-refractivity contribution is 5.67. The van der Waals surface area contributed by atoms with E-state index in [9.17, 15) is 18.0 Å². The van der Waals surface area contributed by atoms with Crippen LogP contribution in [0.1, 0.15) is 55.2 Å². The minimum absolute atomic E-state index is 0.175. The molecule has 192 valence electrons. The average molecular weight is 498 g/mol. The average Bonchev–Trinajstić information content (AvgIpc) is 3.28. The number of piperidine rings is 1. The van der Waals surface area contributed by atoms with Gasteiger partial charge >= 0.3 is 12.1 Å². The number of carbonyl (C=O) groups is 1. The van der Waals surface area contributed by atoms with E-state index in [1.807, 2.05) is 12.1 Å². The second kappa shape index (κ2) is 11.3. The number of rotatable bonds is 10. The maximum absolute atomic E-state index is 13.2. The first-order valence-electron chi connectivity index (χ1n) is 11.9. The van der Waals surface area contributed by atoms with Crippen molar-refractivity contribution >= 4 is 5.97 Å². The number of alkyl halides is 3. The second-order valence-corrected chi connectivity index (χ2v) is 8.84. The van der Waals surface area contributed by atoms with E-state index >= 15 is 0 Å². The van der Waals surface area contributed by atoms with Crippen LogP contribution >= 0.6 is 0 Å². The summed E-state index contributed by atoms with van der Waals surface area (Å²) in [6.45, 7) is 2.24. The van der Waals surface area contributed by atoms with E-state index in [4.69, 9.17) is 14.6 Å². The maximum atomic E-state index is 13.2. The van der Waals surface area contributed by atoms with E-state index in [0.717, 1.165) is 49.2 Å². The topological polar surface area (TPSA) is 102 Å². The summed E-state index contributed by atoms with van der Waals surface area (Å²) in [5.41, 5.74) is 4.20. The number of aliphatic carboxylic acids is 1. The molecule has 1 aromatic heterocycles. The van der Waals surface area contributed by atoms with Crippen LogP contribution in [0.15, 0.2) is 24.3 Å². The number of nitrogens with zero attached hydrogens (tertiary/aromatic N) is 4. The summed E-state index contributed by atoms with van der Waals surface area (Å²) < 4.78 is 51.3. The Hall–Kier alpha value is -2.86. The van der Waals surface area contributed by atoms with Crippen molar-refractivity contribution < 1.29 is 32.5 Å². The quantitative estimate of drug-likeness (QED) is 0.483. The zero-order chi connectivity index (χ0) is 24.8. The molecule has 1 aromatic carbocycles. The van der Waals surface area contributed by atoms with Crippen molar-refractivity contribution in [2.75, 3.05) is 38.3 Å². The highest BCUT2D eigenvalue weighted by atomic mass is 19.4. The SMILES string of the molecule is O=C(O)COCCCCOc1ccc(C2CCN(C3CCc4nnc(C(F)(F)F)n4N3)CC2)cc1. The Morgan fingerprint density at radius 3 is 2.49 bits per heavy atom. The van der Waals surface area contributed by atoms with Crippen LogP contribution in [0, 0.1) is 0 Å². The van der Waals surface area contributed by atoms with Gasteiger partial charge in [0, 0.05) is 26.1 Å². The second-order valence-electron chi connectivity index (χ2n) is 8.84. The standard InChI is InChI=1S/C23H30F3N5O4/c24-23(25,26)22-28-27-19-7-8-20(29-31(19)22)30-11-9-17(10-12-30)16-3-5-18(6-4-16)35-14-2-1-13-34-15-21(32)33/h3-6,17,20,29H,1-2,7-15H2,(H,32,33). The zero-order valence-electron chi connectivity index (χ0n) is 19.3. The first-order valence-corrected chi connectivity index (χ1v) is 11.9. The Labute approximate surface area is 201 Å². The molecule has 1 fully saturated rings. The van der Waals surface area contributed by atoms with Gasteiger partial charge in [0.25, 0.3) is 5.82 Å². The van der Waals surface area contributed by atoms with Gasteiger partial charge in [0.05, 0.1) is 12.8 Å². The van der Waals surface area contributed by atoms with Crippen LogP contribution in [0.5, 0.6) is 5.75 Å². The summed E-state index contributed by atoms with van der Waals surface area (Å²) in [6.07, 6.45) is -0.210. The van der Waals surface area contributed by atoms with Gasteiger partial charge in [0.15, 0.2) is 5.82 Å². The molecule has 9 nitrogen and oxygen atoms in total. The van der Waals surface area contributed by atoms with Crippen LogP contribution in [-0.4, -0.2) is 69.9 Å². The highest BCUT2D eigenvalue weighted by Crippen LogP contribution is 2.32. The zero-order valence-corrected chi connectivity index (χ0v) is 19.3. The number of aromatic nitrogens is 3. The Morgan fingerprint density at radius 2 is 1.80 bits per heavy atom. The van der Waals surface area contributed by atoms with Crippen molar-refractivity contribution in [3.8, 4) is 5.75 Å². The Kier molecular flexibility index (Phi) is 8.11. The molecule has 0 bridgehead atoms. The Morgan fingerprint density at radius 1 is 1.09 bits per heavy atom. The van der Waals surface area contributed by atoms with Gasteiger partial charge in [-0.25, -0.2) is 9.47 Å². The van der Waals surface area contributed by atoms with Gasteiger partial charge in [0.1, 0.15) is 12.4 Å². The number of benzene rings is 1. The third-order valence-corrected chi connectivity index (χ3v) is 6.40. The van der Waals surface area contributed by atoms with Gasteiger partial charge in [0.2, 0.25) is 0 Å². The largest absolute Gasteiger partial charge is 0.494 e. The number of nitrogens with one attached hydrogen (secondary N) is 1. The van der Waals surface area contributed by atoms with Crippen molar-refractivity contribution in [2.45, 2.75) is 56.8 Å². The molecule has 2 aliphatic rings. The molecular weight excluding hydrogens is 467 g/mol. The minimum atomic E-state index is -4.54. The Bertz CT molecular complexity index is 975. The molecule has 0 radical (unpaired) electrons. The van der Waals surface area contributed by atoms with Crippen molar-refractivity contribution in [3.63, 3.8) is 0 Å². The van der Waals surface area contributed by atoms with Gasteiger partial charge in [-0.15, -0.1) is 10.2 Å². The van der Waals surface area contributed by atoms with Gasteiger partial charge in [-0.05, 0) is 55.7 Å². The third-order valence-electron chi connectivity index (χ3n) is 6.40. The molecule has 3 heterocycles. The molecule has 2 aromatic rings. The molecule has 0 aliphatic carbocycles. The Balaban J connectivity index is 1.20. The molecule has 1 saturated heterocycles. The van der Waals surface area contributed by atoms with Crippen LogP contribution in [0.25, 0.3) is 0 Å². The lowest BCUT2D eigenvalue weighted by Gasteiger charge is -2.40. The van der Waals surface area contributed by atoms with Crippen LogP contribution in [0.2, 0.25) is 0 Å². The minimum Gasteiger partial charge on any atom is -0.494 e. The number of fused-ring (bicyclic) bond motifs is 1. The molecule has 4 rings (SSSR count). The molecule has 0 amide bonds. The fourth-order valence-corrected chi connectivity index (χ4v) is 4.58. The van der Waals surface area contributed by atoms with Gasteiger partial charge < -0.3 is 20.0 Å². The van der Waals surface area contributed by atoms with Crippen molar-refractivity contribution in [1.29, 1.82) is 0 Å². The smallest absolute Gasteiger partial charge is 0.453 e. The van der Waals surface area contributed by atoms with Crippen LogP contribution in [0.4, 0.5) is 13.2 Å². The summed E-state index contributed by atoms with van der Waals surface area (Å²) in [4.78, 5) is 12.6. The molecule has 35 heavy (non-hydrogen) atoms. The summed E-state index contributed by atoms with van der Waals surface area (Å²) in [5, 5.41) is 15.5. The maximum Gasteiger partial charge on any atom is 0.453 e. The fraction of sp³-hybridized carbons (Fsp3) is 0.609. The summed E-state index contributed by atoms with van der Waals surface area (Å²) in [5.74, 6) is -0.471. The van der Waals surface area contributed by atoms with Crippen LogP contribution in [-0.2, 0) is 22.1 Å². The molecule has 1 unspecified atom stereocenters. The molecule has 2 N–H and O–H groups in total. The lowest BCUT2D eigenvalue weighted by molar-refractivity contribution is -0.147. The van der Waals surface area contributed by atoms with Crippen molar-refractivity contribution in [2.24, 2.45) is 0 Å². The summed E-state index contributed by atoms with van der Waals surface area (Å²) >= 11 is 0. The van der Waals surface area contributed by atoms with Gasteiger partial charge in [-0.3, -0.25) is 4.90 Å². The summed E-state index contributed by atoms with van der Waals surface area (Å²) in [7, 11) is 0.